The maximum absolute atomic E-state index is 2.42. The van der Waals surface area contributed by atoms with Crippen molar-refractivity contribution in [1.82, 2.24) is 0 Å². The molecule has 0 saturated heterocycles. The zero-order valence-electron chi connectivity index (χ0n) is 9.81. The number of rotatable bonds is 0. The zero-order valence-corrected chi connectivity index (χ0v) is 9.81. The second-order valence-corrected chi connectivity index (χ2v) is 6.12. The van der Waals surface area contributed by atoms with E-state index in [-0.39, 0.29) is 0 Å². The van der Waals surface area contributed by atoms with Gasteiger partial charge in [0.15, 0.2) is 0 Å². The van der Waals surface area contributed by atoms with Crippen molar-refractivity contribution in [3.63, 3.8) is 0 Å². The van der Waals surface area contributed by atoms with Crippen LogP contribution in [0.25, 0.3) is 0 Å². The van der Waals surface area contributed by atoms with Crippen molar-refractivity contribution in [1.29, 1.82) is 0 Å². The van der Waals surface area contributed by atoms with Crippen LogP contribution in [0.15, 0.2) is 23.8 Å². The van der Waals surface area contributed by atoms with E-state index in [1.165, 1.54) is 5.57 Å². The van der Waals surface area contributed by atoms with Gasteiger partial charge in [0, 0.05) is 5.92 Å². The maximum Gasteiger partial charge on any atom is 0.000437 e. The largest absolute Gasteiger partial charge is 0.0768 e. The molecule has 0 aliphatic heterocycles. The molecular weight excluding hydrogens is 156 g/mol. The molecule has 0 bridgehead atoms. The van der Waals surface area contributed by atoms with Gasteiger partial charge in [-0.25, -0.2) is 0 Å². The Balaban J connectivity index is 2.84. The van der Waals surface area contributed by atoms with Crippen LogP contribution >= 0.6 is 0 Å². The highest BCUT2D eigenvalue weighted by Crippen LogP contribution is 2.38. The van der Waals surface area contributed by atoms with Gasteiger partial charge in [0.25, 0.3) is 0 Å². The van der Waals surface area contributed by atoms with Crippen LogP contribution in [-0.4, -0.2) is 0 Å². The van der Waals surface area contributed by atoms with Crippen molar-refractivity contribution in [2.45, 2.75) is 41.5 Å². The lowest BCUT2D eigenvalue weighted by atomic mass is 9.80. The van der Waals surface area contributed by atoms with Crippen molar-refractivity contribution in [2.75, 3.05) is 0 Å². The molecule has 0 nitrogen and oxygen atoms in total. The Labute approximate surface area is 82.7 Å². The van der Waals surface area contributed by atoms with Gasteiger partial charge < -0.3 is 0 Å². The first-order valence-electron chi connectivity index (χ1n) is 5.12. The molecule has 0 aromatic rings. The maximum atomic E-state index is 2.42. The lowest BCUT2D eigenvalue weighted by Gasteiger charge is -2.24. The highest BCUT2D eigenvalue weighted by molar-refractivity contribution is 5.34. The van der Waals surface area contributed by atoms with Crippen molar-refractivity contribution in [2.24, 2.45) is 16.7 Å². The van der Waals surface area contributed by atoms with Crippen molar-refractivity contribution >= 4 is 0 Å². The number of hydrogen-bond donors (Lipinski definition) is 0. The minimum absolute atomic E-state index is 0.302. The summed E-state index contributed by atoms with van der Waals surface area (Å²) < 4.78 is 0. The molecule has 0 heterocycles. The summed E-state index contributed by atoms with van der Waals surface area (Å²) in [7, 11) is 0. The van der Waals surface area contributed by atoms with Gasteiger partial charge in [-0.15, -0.1) is 0 Å². The third-order valence-electron chi connectivity index (χ3n) is 2.71. The van der Waals surface area contributed by atoms with E-state index < -0.39 is 0 Å². The van der Waals surface area contributed by atoms with E-state index in [4.69, 9.17) is 0 Å². The average molecular weight is 178 g/mol. The molecule has 1 aliphatic rings. The van der Waals surface area contributed by atoms with Gasteiger partial charge in [-0.3, -0.25) is 0 Å². The highest BCUT2D eigenvalue weighted by Gasteiger charge is 2.26. The summed E-state index contributed by atoms with van der Waals surface area (Å²) in [5.74, 6) is 0.613. The minimum atomic E-state index is 0.302. The fourth-order valence-electron chi connectivity index (χ4n) is 1.55. The van der Waals surface area contributed by atoms with Crippen molar-refractivity contribution < 1.29 is 0 Å². The van der Waals surface area contributed by atoms with Gasteiger partial charge in [0.1, 0.15) is 0 Å². The predicted molar refractivity (Wildman–Crippen MR) is 59.6 cm³/mol. The minimum Gasteiger partial charge on any atom is -0.0768 e. The Morgan fingerprint density at radius 1 is 1.00 bits per heavy atom. The molecule has 0 unspecified atom stereocenters. The first-order valence-corrected chi connectivity index (χ1v) is 5.12. The summed E-state index contributed by atoms with van der Waals surface area (Å²) in [5, 5.41) is 0. The van der Waals surface area contributed by atoms with Crippen LogP contribution in [-0.2, 0) is 0 Å². The van der Waals surface area contributed by atoms with Gasteiger partial charge >= 0.3 is 0 Å². The Morgan fingerprint density at radius 3 is 1.77 bits per heavy atom. The normalized spacial score (nSPS) is 23.5. The van der Waals surface area contributed by atoms with Crippen LogP contribution in [0.5, 0.6) is 0 Å². The molecule has 0 aromatic heterocycles. The Bertz CT molecular complexity index is 240. The predicted octanol–water partition coefficient (Wildman–Crippen LogP) is 4.19. The van der Waals surface area contributed by atoms with Gasteiger partial charge in [-0.1, -0.05) is 59.8 Å². The molecule has 0 fully saturated rings. The second kappa shape index (κ2) is 3.01. The van der Waals surface area contributed by atoms with Crippen LogP contribution in [0, 0.1) is 16.7 Å². The van der Waals surface area contributed by atoms with Gasteiger partial charge in [0.2, 0.25) is 0 Å². The molecule has 0 spiro atoms. The van der Waals surface area contributed by atoms with Crippen LogP contribution in [0.1, 0.15) is 41.5 Å². The van der Waals surface area contributed by atoms with E-state index in [0.29, 0.717) is 16.7 Å². The fraction of sp³-hybridized carbons (Fsp3) is 0.692. The van der Waals surface area contributed by atoms with E-state index in [2.05, 4.69) is 59.8 Å². The molecule has 0 heteroatoms. The van der Waals surface area contributed by atoms with Gasteiger partial charge in [0.05, 0.1) is 0 Å². The van der Waals surface area contributed by atoms with Gasteiger partial charge in [-0.05, 0) is 16.4 Å². The molecule has 1 rings (SSSR count). The van der Waals surface area contributed by atoms with E-state index >= 15 is 0 Å². The molecule has 74 valence electrons. The average Bonchev–Trinajstić information content (AvgIpc) is 2.28. The lowest BCUT2D eigenvalue weighted by Crippen LogP contribution is -2.15. The summed E-state index contributed by atoms with van der Waals surface area (Å²) >= 11 is 0. The molecule has 0 saturated carbocycles. The molecule has 0 amide bonds. The van der Waals surface area contributed by atoms with Crippen molar-refractivity contribution in [3.05, 3.63) is 23.8 Å². The summed E-state index contributed by atoms with van der Waals surface area (Å²) in [6, 6.07) is 0. The lowest BCUT2D eigenvalue weighted by molar-refractivity contribution is 0.344. The highest BCUT2D eigenvalue weighted by atomic mass is 14.3. The number of hydrogen-bond acceptors (Lipinski definition) is 0. The standard InChI is InChI=1S/C13H22/c1-12(2,3)10-7-8-11(9-10)13(4,5)6/h7-10H,1-6H3/t10-/m0/s1. The third-order valence-corrected chi connectivity index (χ3v) is 2.71. The van der Waals surface area contributed by atoms with Crippen LogP contribution in [0.3, 0.4) is 0 Å². The quantitative estimate of drug-likeness (QED) is 0.521. The van der Waals surface area contributed by atoms with Crippen LogP contribution in [0.4, 0.5) is 0 Å². The smallest absolute Gasteiger partial charge is 0.000437 e. The summed E-state index contributed by atoms with van der Waals surface area (Å²) in [5.41, 5.74) is 2.15. The second-order valence-electron chi connectivity index (χ2n) is 6.12. The van der Waals surface area contributed by atoms with Crippen molar-refractivity contribution in [3.8, 4) is 0 Å². The summed E-state index contributed by atoms with van der Waals surface area (Å²) in [6.07, 6.45) is 7.04. The molecular formula is C13H22. The molecule has 13 heavy (non-hydrogen) atoms. The fourth-order valence-corrected chi connectivity index (χ4v) is 1.55. The molecule has 1 atom stereocenters. The summed E-state index contributed by atoms with van der Waals surface area (Å²) in [4.78, 5) is 0. The van der Waals surface area contributed by atoms with Gasteiger partial charge in [-0.2, -0.15) is 0 Å². The zero-order chi connectivity index (χ0) is 10.3. The topological polar surface area (TPSA) is 0 Å². The SMILES string of the molecule is CC(C)(C)C1=C[C@@H](C(C)(C)C)C=C1. The first kappa shape index (κ1) is 10.6. The van der Waals surface area contributed by atoms with E-state index in [9.17, 15) is 0 Å². The molecule has 1 aliphatic carbocycles. The van der Waals surface area contributed by atoms with Crippen LogP contribution < -0.4 is 0 Å². The number of allylic oxidation sites excluding steroid dienone is 4. The Morgan fingerprint density at radius 2 is 1.54 bits per heavy atom. The molecule has 0 N–H and O–H groups in total. The summed E-state index contributed by atoms with van der Waals surface area (Å²) in [6.45, 7) is 13.7. The molecule has 0 aromatic carbocycles. The van der Waals surface area contributed by atoms with E-state index in [1.807, 2.05) is 0 Å². The Kier molecular flexibility index (Phi) is 2.44. The first-order chi connectivity index (χ1) is 5.71. The Hall–Kier alpha value is -0.520. The monoisotopic (exact) mass is 178 g/mol. The molecule has 0 radical (unpaired) electrons. The van der Waals surface area contributed by atoms with E-state index in [1.54, 1.807) is 0 Å². The third kappa shape index (κ3) is 2.46. The van der Waals surface area contributed by atoms with Crippen LogP contribution in [0.2, 0.25) is 0 Å². The van der Waals surface area contributed by atoms with E-state index in [0.717, 1.165) is 0 Å².